The van der Waals surface area contributed by atoms with Gasteiger partial charge in [-0.15, -0.1) is 15.3 Å². The number of fused-ring (bicyclic) bond motifs is 1. The lowest BCUT2D eigenvalue weighted by Gasteiger charge is -2.28. The van der Waals surface area contributed by atoms with Gasteiger partial charge in [0.2, 0.25) is 0 Å². The van der Waals surface area contributed by atoms with Crippen LogP contribution in [-0.2, 0) is 12.7 Å². The van der Waals surface area contributed by atoms with Crippen molar-refractivity contribution in [3.63, 3.8) is 0 Å². The minimum Gasteiger partial charge on any atom is -0.370 e. The Morgan fingerprint density at radius 1 is 1.03 bits per heavy atom. The third-order valence-corrected chi connectivity index (χ3v) is 6.06. The first-order valence-corrected chi connectivity index (χ1v) is 10.5. The Morgan fingerprint density at radius 2 is 1.72 bits per heavy atom. The first kappa shape index (κ1) is 19.8. The predicted molar refractivity (Wildman–Crippen MR) is 109 cm³/mol. The molecule has 29 heavy (non-hydrogen) atoms. The van der Waals surface area contributed by atoms with Crippen molar-refractivity contribution in [2.24, 2.45) is 0 Å². The lowest BCUT2D eigenvalue weighted by Crippen LogP contribution is -2.32. The van der Waals surface area contributed by atoms with Crippen LogP contribution in [0, 0.1) is 13.8 Å². The molecule has 154 valence electrons. The van der Waals surface area contributed by atoms with E-state index in [1.807, 2.05) is 30.8 Å². The van der Waals surface area contributed by atoms with Gasteiger partial charge in [0, 0.05) is 42.4 Å². The molecule has 0 atom stereocenters. The van der Waals surface area contributed by atoms with Crippen LogP contribution in [0.4, 0.5) is 24.7 Å². The van der Waals surface area contributed by atoms with E-state index in [-0.39, 0.29) is 5.65 Å². The zero-order valence-electron chi connectivity index (χ0n) is 16.1. The zero-order chi connectivity index (χ0) is 20.6. The summed E-state index contributed by atoms with van der Waals surface area (Å²) in [6.45, 7) is 6.08. The van der Waals surface area contributed by atoms with Gasteiger partial charge in [0.05, 0.1) is 0 Å². The van der Waals surface area contributed by atoms with Crippen LogP contribution in [0.3, 0.4) is 0 Å². The maximum absolute atomic E-state index is 13.2. The van der Waals surface area contributed by atoms with Gasteiger partial charge < -0.3 is 10.2 Å². The van der Waals surface area contributed by atoms with Crippen molar-refractivity contribution < 1.29 is 13.2 Å². The summed E-state index contributed by atoms with van der Waals surface area (Å²) in [7, 11) is 0. The number of nitrogens with zero attached hydrogens (tertiary/aromatic N) is 5. The summed E-state index contributed by atoms with van der Waals surface area (Å²) in [4.78, 5) is 2.36. The Morgan fingerprint density at radius 3 is 2.38 bits per heavy atom. The minimum atomic E-state index is -4.62. The van der Waals surface area contributed by atoms with E-state index in [4.69, 9.17) is 0 Å². The van der Waals surface area contributed by atoms with Crippen molar-refractivity contribution in [3.05, 3.63) is 46.8 Å². The third kappa shape index (κ3) is 3.98. The summed E-state index contributed by atoms with van der Waals surface area (Å²) in [6.07, 6.45) is -4.62. The van der Waals surface area contributed by atoms with Crippen molar-refractivity contribution in [1.29, 1.82) is 0 Å². The highest BCUT2D eigenvalue weighted by atomic mass is 32.2. The van der Waals surface area contributed by atoms with E-state index in [1.165, 1.54) is 5.69 Å². The molecule has 2 aromatic heterocycles. The molecule has 10 heteroatoms. The fraction of sp³-hybridized carbons (Fsp3) is 0.421. The highest BCUT2D eigenvalue weighted by molar-refractivity contribution is 7.99. The lowest BCUT2D eigenvalue weighted by atomic mass is 10.1. The van der Waals surface area contributed by atoms with Gasteiger partial charge in [0.1, 0.15) is 0 Å². The summed E-state index contributed by atoms with van der Waals surface area (Å²) < 4.78 is 40.3. The van der Waals surface area contributed by atoms with E-state index in [9.17, 15) is 13.2 Å². The Bertz CT molecular complexity index is 1010. The van der Waals surface area contributed by atoms with Crippen molar-refractivity contribution in [3.8, 4) is 0 Å². The zero-order valence-corrected chi connectivity index (χ0v) is 16.9. The van der Waals surface area contributed by atoms with Gasteiger partial charge in [-0.3, -0.25) is 0 Å². The van der Waals surface area contributed by atoms with Gasteiger partial charge in [0.15, 0.2) is 11.5 Å². The van der Waals surface area contributed by atoms with Crippen LogP contribution in [0.2, 0.25) is 0 Å². The monoisotopic (exact) mass is 422 g/mol. The molecule has 1 aromatic carbocycles. The second-order valence-electron chi connectivity index (χ2n) is 6.97. The number of aromatic nitrogens is 4. The number of benzene rings is 1. The molecule has 3 heterocycles. The average Bonchev–Trinajstić information content (AvgIpc) is 3.15. The van der Waals surface area contributed by atoms with Crippen LogP contribution in [-0.4, -0.2) is 44.4 Å². The van der Waals surface area contributed by atoms with Crippen LogP contribution in [0.1, 0.15) is 22.5 Å². The summed E-state index contributed by atoms with van der Waals surface area (Å²) in [6, 6.07) is 8.24. The van der Waals surface area contributed by atoms with Crippen molar-refractivity contribution in [2.75, 3.05) is 34.8 Å². The number of rotatable bonds is 4. The van der Waals surface area contributed by atoms with Crippen molar-refractivity contribution >= 4 is 28.9 Å². The molecule has 0 amide bonds. The standard InChI is InChI=1S/C19H21F3N6S/c1-12-13(2)17-24-25-18(19(20,21)22)28(17)26-16(12)23-11-14-3-5-15(6-4-14)27-7-9-29-10-8-27/h3-6H,7-11H2,1-2H3,(H,23,26). The first-order chi connectivity index (χ1) is 13.8. The molecule has 0 aliphatic carbocycles. The van der Waals surface area contributed by atoms with Crippen LogP contribution in [0.25, 0.3) is 5.65 Å². The molecular formula is C19H21F3N6S. The summed E-state index contributed by atoms with van der Waals surface area (Å²) in [5, 5.41) is 14.2. The molecule has 0 radical (unpaired) electrons. The predicted octanol–water partition coefficient (Wildman–Crippen LogP) is 3.93. The lowest BCUT2D eigenvalue weighted by molar-refractivity contribution is -0.146. The Hall–Kier alpha value is -2.49. The number of alkyl halides is 3. The summed E-state index contributed by atoms with van der Waals surface area (Å²) >= 11 is 1.97. The quantitative estimate of drug-likeness (QED) is 0.688. The molecule has 0 saturated carbocycles. The van der Waals surface area contributed by atoms with Gasteiger partial charge in [0.25, 0.3) is 5.82 Å². The molecule has 0 bridgehead atoms. The molecule has 0 unspecified atom stereocenters. The largest absolute Gasteiger partial charge is 0.453 e. The van der Waals surface area contributed by atoms with Gasteiger partial charge in [-0.25, -0.2) is 0 Å². The molecule has 1 fully saturated rings. The van der Waals surface area contributed by atoms with Gasteiger partial charge in [-0.05, 0) is 37.1 Å². The second kappa shape index (κ2) is 7.74. The molecule has 0 spiro atoms. The average molecular weight is 422 g/mol. The van der Waals surface area contributed by atoms with E-state index < -0.39 is 12.0 Å². The van der Waals surface area contributed by atoms with Crippen LogP contribution >= 0.6 is 11.8 Å². The summed E-state index contributed by atoms with van der Waals surface area (Å²) in [5.41, 5.74) is 3.70. The minimum absolute atomic E-state index is 0.115. The maximum atomic E-state index is 13.2. The van der Waals surface area contributed by atoms with E-state index in [0.29, 0.717) is 17.9 Å². The molecule has 1 N–H and O–H groups in total. The van der Waals surface area contributed by atoms with E-state index in [0.717, 1.165) is 40.2 Å². The van der Waals surface area contributed by atoms with Gasteiger partial charge in [-0.2, -0.15) is 29.4 Å². The Labute approximate surface area is 170 Å². The van der Waals surface area contributed by atoms with E-state index in [1.54, 1.807) is 6.92 Å². The second-order valence-corrected chi connectivity index (χ2v) is 8.20. The smallest absolute Gasteiger partial charge is 0.370 e. The Kier molecular flexibility index (Phi) is 5.28. The normalized spacial score (nSPS) is 15.1. The first-order valence-electron chi connectivity index (χ1n) is 9.30. The molecule has 4 rings (SSSR count). The topological polar surface area (TPSA) is 58.4 Å². The van der Waals surface area contributed by atoms with Crippen molar-refractivity contribution in [2.45, 2.75) is 26.6 Å². The number of hydrogen-bond acceptors (Lipinski definition) is 6. The number of halogens is 3. The van der Waals surface area contributed by atoms with E-state index in [2.05, 4.69) is 37.6 Å². The van der Waals surface area contributed by atoms with Crippen LogP contribution < -0.4 is 10.2 Å². The molecule has 1 saturated heterocycles. The Balaban J connectivity index is 1.54. The highest BCUT2D eigenvalue weighted by Gasteiger charge is 2.38. The molecule has 1 aliphatic heterocycles. The fourth-order valence-corrected chi connectivity index (χ4v) is 4.21. The SMILES string of the molecule is Cc1c(NCc2ccc(N3CCSCC3)cc2)nn2c(C(F)(F)F)nnc2c1C. The number of anilines is 2. The number of nitrogens with one attached hydrogen (secondary N) is 1. The molecular weight excluding hydrogens is 401 g/mol. The molecule has 3 aromatic rings. The van der Waals surface area contributed by atoms with E-state index >= 15 is 0 Å². The molecule has 6 nitrogen and oxygen atoms in total. The van der Waals surface area contributed by atoms with Crippen LogP contribution in [0.5, 0.6) is 0 Å². The molecule has 1 aliphatic rings. The number of aryl methyl sites for hydroxylation is 1. The maximum Gasteiger partial charge on any atom is 0.453 e. The number of thioether (sulfide) groups is 1. The highest BCUT2D eigenvalue weighted by Crippen LogP contribution is 2.30. The van der Waals surface area contributed by atoms with Crippen LogP contribution in [0.15, 0.2) is 24.3 Å². The summed E-state index contributed by atoms with van der Waals surface area (Å²) in [5.74, 6) is 1.54. The number of hydrogen-bond donors (Lipinski definition) is 1. The third-order valence-electron chi connectivity index (χ3n) is 5.12. The van der Waals surface area contributed by atoms with Crippen molar-refractivity contribution in [1.82, 2.24) is 19.8 Å². The van der Waals surface area contributed by atoms with Gasteiger partial charge in [-0.1, -0.05) is 12.1 Å². The van der Waals surface area contributed by atoms with Gasteiger partial charge >= 0.3 is 6.18 Å². The fourth-order valence-electron chi connectivity index (χ4n) is 3.31.